The molecule has 0 aromatic carbocycles. The molecule has 1 atom stereocenters. The Morgan fingerprint density at radius 2 is 2.33 bits per heavy atom. The quantitative estimate of drug-likeness (QED) is 0.751. The summed E-state index contributed by atoms with van der Waals surface area (Å²) in [6.45, 7) is 7.45. The molecule has 0 bridgehead atoms. The molecule has 0 amide bonds. The third-order valence-corrected chi connectivity index (χ3v) is 2.29. The van der Waals surface area contributed by atoms with E-state index in [1.165, 1.54) is 11.3 Å². The van der Waals surface area contributed by atoms with Crippen molar-refractivity contribution in [3.8, 4) is 0 Å². The predicted octanol–water partition coefficient (Wildman–Crippen LogP) is 2.43. The van der Waals surface area contributed by atoms with Crippen molar-refractivity contribution in [2.75, 3.05) is 6.54 Å². The van der Waals surface area contributed by atoms with Crippen LogP contribution in [0.1, 0.15) is 38.9 Å². The molecule has 1 heterocycles. The summed E-state index contributed by atoms with van der Waals surface area (Å²) in [6, 6.07) is 2.34. The van der Waals surface area contributed by atoms with E-state index in [9.17, 15) is 0 Å². The van der Waals surface area contributed by atoms with Gasteiger partial charge in [-0.05, 0) is 32.9 Å². The van der Waals surface area contributed by atoms with Gasteiger partial charge in [0.2, 0.25) is 0 Å². The van der Waals surface area contributed by atoms with Crippen LogP contribution in [0.4, 0.5) is 0 Å². The molecule has 3 nitrogen and oxygen atoms in total. The highest BCUT2D eigenvalue weighted by Gasteiger charge is 2.10. The van der Waals surface area contributed by atoms with E-state index < -0.39 is 0 Å². The summed E-state index contributed by atoms with van der Waals surface area (Å²) in [4.78, 5) is 0. The van der Waals surface area contributed by atoms with Crippen molar-refractivity contribution in [1.82, 2.24) is 15.1 Å². The fourth-order valence-corrected chi connectivity index (χ4v) is 1.57. The first-order valence-corrected chi connectivity index (χ1v) is 5.51. The fourth-order valence-electron chi connectivity index (χ4n) is 1.57. The number of nitrogens with one attached hydrogen (secondary N) is 1. The summed E-state index contributed by atoms with van der Waals surface area (Å²) in [5.74, 6) is 0. The summed E-state index contributed by atoms with van der Waals surface area (Å²) in [5, 5.41) is 7.71. The highest BCUT2D eigenvalue weighted by molar-refractivity contribution is 5.16. The van der Waals surface area contributed by atoms with E-state index in [1.807, 2.05) is 17.9 Å². The molecular weight excluding hydrogens is 186 g/mol. The maximum Gasteiger partial charge on any atom is 0.0680 e. The summed E-state index contributed by atoms with van der Waals surface area (Å²) in [6.07, 6.45) is 5.23. The Morgan fingerprint density at radius 1 is 1.60 bits per heavy atom. The van der Waals surface area contributed by atoms with E-state index >= 15 is 0 Å². The van der Waals surface area contributed by atoms with E-state index in [4.69, 9.17) is 0 Å². The Hall–Kier alpha value is -1.09. The van der Waals surface area contributed by atoms with Crippen LogP contribution in [0.2, 0.25) is 0 Å². The molecule has 1 rings (SSSR count). The summed E-state index contributed by atoms with van der Waals surface area (Å²) >= 11 is 0. The molecule has 0 aliphatic heterocycles. The standard InChI is InChI=1S/C12H21N3/c1-5-7-13-11(9-10(2)3)12-6-8-14-15(12)4/h6,8-9,11,13H,5,7H2,1-4H3. The topological polar surface area (TPSA) is 29.9 Å². The summed E-state index contributed by atoms with van der Waals surface area (Å²) in [7, 11) is 1.98. The lowest BCUT2D eigenvalue weighted by atomic mass is 10.1. The molecule has 0 saturated heterocycles. The SMILES string of the molecule is CCCNC(C=C(C)C)c1ccnn1C. The molecule has 1 aromatic rings. The van der Waals surface area contributed by atoms with Crippen LogP contribution in [-0.2, 0) is 7.05 Å². The molecule has 1 N–H and O–H groups in total. The highest BCUT2D eigenvalue weighted by Crippen LogP contribution is 2.14. The lowest BCUT2D eigenvalue weighted by Crippen LogP contribution is -2.22. The van der Waals surface area contributed by atoms with Crippen LogP contribution < -0.4 is 5.32 Å². The minimum absolute atomic E-state index is 0.280. The van der Waals surface area contributed by atoms with Crippen molar-refractivity contribution in [1.29, 1.82) is 0 Å². The van der Waals surface area contributed by atoms with Gasteiger partial charge in [0.05, 0.1) is 11.7 Å². The van der Waals surface area contributed by atoms with Crippen LogP contribution in [0.15, 0.2) is 23.9 Å². The normalized spacial score (nSPS) is 12.5. The van der Waals surface area contributed by atoms with Gasteiger partial charge in [-0.2, -0.15) is 5.10 Å². The molecule has 3 heteroatoms. The second-order valence-corrected chi connectivity index (χ2v) is 4.06. The molecule has 0 aliphatic carbocycles. The Labute approximate surface area is 92.2 Å². The summed E-state index contributed by atoms with van der Waals surface area (Å²) < 4.78 is 1.92. The number of hydrogen-bond donors (Lipinski definition) is 1. The second-order valence-electron chi connectivity index (χ2n) is 4.06. The van der Waals surface area contributed by atoms with Gasteiger partial charge in [0, 0.05) is 13.2 Å². The number of hydrogen-bond acceptors (Lipinski definition) is 2. The van der Waals surface area contributed by atoms with Crippen LogP contribution in [0.5, 0.6) is 0 Å². The van der Waals surface area contributed by atoms with E-state index in [2.05, 4.69) is 43.3 Å². The third kappa shape index (κ3) is 3.51. The fraction of sp³-hybridized carbons (Fsp3) is 0.583. The van der Waals surface area contributed by atoms with Gasteiger partial charge in [0.15, 0.2) is 0 Å². The lowest BCUT2D eigenvalue weighted by Gasteiger charge is -2.15. The molecule has 0 fully saturated rings. The molecule has 84 valence electrons. The van der Waals surface area contributed by atoms with E-state index in [0.717, 1.165) is 13.0 Å². The third-order valence-electron chi connectivity index (χ3n) is 2.29. The van der Waals surface area contributed by atoms with Gasteiger partial charge in [0.1, 0.15) is 0 Å². The Kier molecular flexibility index (Phi) is 4.56. The van der Waals surface area contributed by atoms with Crippen molar-refractivity contribution < 1.29 is 0 Å². The van der Waals surface area contributed by atoms with E-state index in [0.29, 0.717) is 0 Å². The van der Waals surface area contributed by atoms with Crippen LogP contribution in [-0.4, -0.2) is 16.3 Å². The zero-order valence-electron chi connectivity index (χ0n) is 10.1. The van der Waals surface area contributed by atoms with Crippen molar-refractivity contribution in [3.63, 3.8) is 0 Å². The van der Waals surface area contributed by atoms with Gasteiger partial charge in [0.25, 0.3) is 0 Å². The van der Waals surface area contributed by atoms with Gasteiger partial charge < -0.3 is 5.32 Å². The predicted molar refractivity (Wildman–Crippen MR) is 63.7 cm³/mol. The van der Waals surface area contributed by atoms with Crippen molar-refractivity contribution in [3.05, 3.63) is 29.6 Å². The van der Waals surface area contributed by atoms with Crippen LogP contribution >= 0.6 is 0 Å². The smallest absolute Gasteiger partial charge is 0.0680 e. The van der Waals surface area contributed by atoms with E-state index in [1.54, 1.807) is 0 Å². The minimum Gasteiger partial charge on any atom is -0.305 e. The number of nitrogens with zero attached hydrogens (tertiary/aromatic N) is 2. The first-order valence-electron chi connectivity index (χ1n) is 5.51. The number of aryl methyl sites for hydroxylation is 1. The Bertz CT molecular complexity index is 321. The molecule has 0 aliphatic rings. The molecule has 1 unspecified atom stereocenters. The monoisotopic (exact) mass is 207 g/mol. The van der Waals surface area contributed by atoms with Crippen molar-refractivity contribution in [2.24, 2.45) is 7.05 Å². The van der Waals surface area contributed by atoms with E-state index in [-0.39, 0.29) is 6.04 Å². The molecule has 0 radical (unpaired) electrons. The average molecular weight is 207 g/mol. The van der Waals surface area contributed by atoms with Gasteiger partial charge in [-0.1, -0.05) is 18.6 Å². The lowest BCUT2D eigenvalue weighted by molar-refractivity contribution is 0.563. The second kappa shape index (κ2) is 5.71. The number of aromatic nitrogens is 2. The van der Waals surface area contributed by atoms with Crippen LogP contribution in [0.3, 0.4) is 0 Å². The molecule has 0 saturated carbocycles. The number of allylic oxidation sites excluding steroid dienone is 1. The Morgan fingerprint density at radius 3 is 2.80 bits per heavy atom. The zero-order valence-corrected chi connectivity index (χ0v) is 10.1. The van der Waals surface area contributed by atoms with Crippen molar-refractivity contribution >= 4 is 0 Å². The first kappa shape index (κ1) is 12.0. The summed E-state index contributed by atoms with van der Waals surface area (Å²) in [5.41, 5.74) is 2.54. The van der Waals surface area contributed by atoms with Gasteiger partial charge >= 0.3 is 0 Å². The minimum atomic E-state index is 0.280. The first-order chi connectivity index (χ1) is 7.15. The largest absolute Gasteiger partial charge is 0.305 e. The maximum absolute atomic E-state index is 4.20. The van der Waals surface area contributed by atoms with Crippen LogP contribution in [0, 0.1) is 0 Å². The van der Waals surface area contributed by atoms with Crippen LogP contribution in [0.25, 0.3) is 0 Å². The molecular formula is C12H21N3. The van der Waals surface area contributed by atoms with Crippen molar-refractivity contribution in [2.45, 2.75) is 33.2 Å². The molecule has 15 heavy (non-hydrogen) atoms. The zero-order chi connectivity index (χ0) is 11.3. The average Bonchev–Trinajstić information content (AvgIpc) is 2.58. The number of rotatable bonds is 5. The maximum atomic E-state index is 4.20. The van der Waals surface area contributed by atoms with Gasteiger partial charge in [-0.15, -0.1) is 0 Å². The Balaban J connectivity index is 2.81. The van der Waals surface area contributed by atoms with Gasteiger partial charge in [-0.25, -0.2) is 0 Å². The van der Waals surface area contributed by atoms with Gasteiger partial charge in [-0.3, -0.25) is 4.68 Å². The molecule has 1 aromatic heterocycles. The molecule has 0 spiro atoms. The highest BCUT2D eigenvalue weighted by atomic mass is 15.3.